The molecule has 3 rings (SSSR count). The predicted octanol–water partition coefficient (Wildman–Crippen LogP) is 6.02. The van der Waals surface area contributed by atoms with E-state index in [9.17, 15) is 9.59 Å². The number of hydrogen-bond acceptors (Lipinski definition) is 7. The van der Waals surface area contributed by atoms with E-state index in [1.807, 2.05) is 36.4 Å². The Bertz CT molecular complexity index is 1080. The topological polar surface area (TPSA) is 90.7 Å². The molecule has 1 unspecified atom stereocenters. The van der Waals surface area contributed by atoms with Crippen LogP contribution in [0.3, 0.4) is 0 Å². The van der Waals surface area contributed by atoms with E-state index in [1.165, 1.54) is 18.9 Å². The van der Waals surface area contributed by atoms with Gasteiger partial charge in [0, 0.05) is 21.9 Å². The molecule has 0 aliphatic heterocycles. The third-order valence-electron chi connectivity index (χ3n) is 4.65. The SMILES string of the molecule is COC(=O)CSCc1ccc(-c2onc(C)c2NC(=O)OC(C)c2ccccc2Cl)cc1. The number of ether oxygens (including phenoxy) is 2. The van der Waals surface area contributed by atoms with Crippen molar-refractivity contribution in [2.75, 3.05) is 18.2 Å². The van der Waals surface area contributed by atoms with Gasteiger partial charge in [-0.25, -0.2) is 4.79 Å². The molecule has 0 spiro atoms. The molecule has 0 bridgehead atoms. The first-order chi connectivity index (χ1) is 15.4. The van der Waals surface area contributed by atoms with Gasteiger partial charge in [-0.15, -0.1) is 11.8 Å². The maximum atomic E-state index is 12.5. The fraction of sp³-hybridized carbons (Fsp3) is 0.261. The van der Waals surface area contributed by atoms with Crippen molar-refractivity contribution in [3.63, 3.8) is 0 Å². The number of aromatic nitrogens is 1. The molecule has 0 radical (unpaired) electrons. The van der Waals surface area contributed by atoms with Crippen LogP contribution in [0, 0.1) is 6.92 Å². The summed E-state index contributed by atoms with van der Waals surface area (Å²) in [5.41, 5.74) is 3.48. The molecule has 7 nitrogen and oxygen atoms in total. The number of amides is 1. The number of benzene rings is 2. The molecule has 9 heteroatoms. The summed E-state index contributed by atoms with van der Waals surface area (Å²) in [5, 5.41) is 7.23. The molecule has 168 valence electrons. The summed E-state index contributed by atoms with van der Waals surface area (Å²) >= 11 is 7.65. The summed E-state index contributed by atoms with van der Waals surface area (Å²) in [5.74, 6) is 1.14. The average molecular weight is 475 g/mol. The first-order valence-corrected chi connectivity index (χ1v) is 11.3. The third kappa shape index (κ3) is 6.05. The summed E-state index contributed by atoms with van der Waals surface area (Å²) in [6.45, 7) is 3.48. The Morgan fingerprint density at radius 1 is 1.19 bits per heavy atom. The van der Waals surface area contributed by atoms with Gasteiger partial charge < -0.3 is 14.0 Å². The lowest BCUT2D eigenvalue weighted by atomic mass is 10.1. The van der Waals surface area contributed by atoms with Crippen LogP contribution >= 0.6 is 23.4 Å². The summed E-state index contributed by atoms with van der Waals surface area (Å²) in [4.78, 5) is 23.7. The van der Waals surface area contributed by atoms with Crippen LogP contribution in [0.15, 0.2) is 53.1 Å². The fourth-order valence-electron chi connectivity index (χ4n) is 2.94. The second-order valence-corrected chi connectivity index (χ2v) is 8.32. The molecular weight excluding hydrogens is 452 g/mol. The number of methoxy groups -OCH3 is 1. The predicted molar refractivity (Wildman–Crippen MR) is 125 cm³/mol. The molecule has 0 saturated carbocycles. The summed E-state index contributed by atoms with van der Waals surface area (Å²) in [6.07, 6.45) is -1.17. The molecule has 1 heterocycles. The first-order valence-electron chi connectivity index (χ1n) is 9.81. The number of esters is 1. The molecule has 1 N–H and O–H groups in total. The number of halogens is 1. The normalized spacial score (nSPS) is 11.6. The van der Waals surface area contributed by atoms with E-state index >= 15 is 0 Å². The zero-order valence-electron chi connectivity index (χ0n) is 17.9. The van der Waals surface area contributed by atoms with Gasteiger partial charge in [0.2, 0.25) is 0 Å². The van der Waals surface area contributed by atoms with Crippen molar-refractivity contribution < 1.29 is 23.6 Å². The Kier molecular flexibility index (Phi) is 8.19. The van der Waals surface area contributed by atoms with Crippen molar-refractivity contribution in [1.29, 1.82) is 0 Å². The lowest BCUT2D eigenvalue weighted by molar-refractivity contribution is -0.137. The van der Waals surface area contributed by atoms with E-state index in [1.54, 1.807) is 26.0 Å². The molecule has 1 amide bonds. The Balaban J connectivity index is 1.66. The quantitative estimate of drug-likeness (QED) is 0.399. The molecule has 1 atom stereocenters. The second-order valence-electron chi connectivity index (χ2n) is 6.93. The summed E-state index contributed by atoms with van der Waals surface area (Å²) in [6, 6.07) is 14.8. The van der Waals surface area contributed by atoms with Crippen LogP contribution in [-0.4, -0.2) is 30.1 Å². The Morgan fingerprint density at radius 3 is 2.59 bits per heavy atom. The zero-order chi connectivity index (χ0) is 23.1. The van der Waals surface area contributed by atoms with Crippen LogP contribution in [0.4, 0.5) is 10.5 Å². The molecule has 2 aromatic carbocycles. The van der Waals surface area contributed by atoms with E-state index in [2.05, 4.69) is 15.2 Å². The number of thioether (sulfide) groups is 1. The number of nitrogens with one attached hydrogen (secondary N) is 1. The van der Waals surface area contributed by atoms with Crippen molar-refractivity contribution in [3.05, 3.63) is 70.4 Å². The number of anilines is 1. The lowest BCUT2D eigenvalue weighted by Crippen LogP contribution is -2.17. The minimum Gasteiger partial charge on any atom is -0.468 e. The van der Waals surface area contributed by atoms with Gasteiger partial charge in [0.1, 0.15) is 17.5 Å². The summed E-state index contributed by atoms with van der Waals surface area (Å²) < 4.78 is 15.6. The third-order valence-corrected chi connectivity index (χ3v) is 5.97. The minimum atomic E-state index is -0.638. The van der Waals surface area contributed by atoms with E-state index in [4.69, 9.17) is 20.9 Å². The van der Waals surface area contributed by atoms with Crippen molar-refractivity contribution in [1.82, 2.24) is 5.16 Å². The lowest BCUT2D eigenvalue weighted by Gasteiger charge is -2.15. The number of carbonyl (C=O) groups is 2. The van der Waals surface area contributed by atoms with Gasteiger partial charge in [0.05, 0.1) is 12.9 Å². The number of rotatable bonds is 8. The van der Waals surface area contributed by atoms with Crippen LogP contribution in [0.25, 0.3) is 11.3 Å². The Labute approximate surface area is 195 Å². The van der Waals surface area contributed by atoms with Gasteiger partial charge in [-0.3, -0.25) is 10.1 Å². The Morgan fingerprint density at radius 2 is 1.91 bits per heavy atom. The molecule has 0 aliphatic carbocycles. The highest BCUT2D eigenvalue weighted by atomic mass is 35.5. The van der Waals surface area contributed by atoms with E-state index in [0.29, 0.717) is 39.2 Å². The monoisotopic (exact) mass is 474 g/mol. The standard InChI is InChI=1S/C23H23ClN2O5S/c1-14-21(25-23(28)30-15(2)18-6-4-5-7-19(18)24)22(31-26-14)17-10-8-16(9-11-17)12-32-13-20(27)29-3/h4-11,15H,12-13H2,1-3H3,(H,25,28). The highest BCUT2D eigenvalue weighted by molar-refractivity contribution is 7.99. The van der Waals surface area contributed by atoms with Crippen molar-refractivity contribution in [2.45, 2.75) is 25.7 Å². The fourth-order valence-corrected chi connectivity index (χ4v) is 4.04. The summed E-state index contributed by atoms with van der Waals surface area (Å²) in [7, 11) is 1.37. The molecule has 0 aliphatic rings. The van der Waals surface area contributed by atoms with Gasteiger partial charge in [0.15, 0.2) is 5.76 Å². The maximum Gasteiger partial charge on any atom is 0.412 e. The van der Waals surface area contributed by atoms with Crippen molar-refractivity contribution in [3.8, 4) is 11.3 Å². The minimum absolute atomic E-state index is 0.254. The number of carbonyl (C=O) groups excluding carboxylic acids is 2. The van der Waals surface area contributed by atoms with Gasteiger partial charge in [-0.05, 0) is 25.5 Å². The molecule has 32 heavy (non-hydrogen) atoms. The molecule has 1 aromatic heterocycles. The smallest absolute Gasteiger partial charge is 0.412 e. The molecule has 0 fully saturated rings. The van der Waals surface area contributed by atoms with Gasteiger partial charge >= 0.3 is 12.1 Å². The number of aryl methyl sites for hydroxylation is 1. The first kappa shape index (κ1) is 23.7. The van der Waals surface area contributed by atoms with E-state index in [-0.39, 0.29) is 5.97 Å². The van der Waals surface area contributed by atoms with E-state index in [0.717, 1.165) is 11.1 Å². The van der Waals surface area contributed by atoms with Gasteiger partial charge in [0.25, 0.3) is 0 Å². The number of hydrogen-bond donors (Lipinski definition) is 1. The van der Waals surface area contributed by atoms with Crippen molar-refractivity contribution >= 4 is 41.1 Å². The van der Waals surface area contributed by atoms with Crippen LogP contribution < -0.4 is 5.32 Å². The largest absolute Gasteiger partial charge is 0.468 e. The number of nitrogens with zero attached hydrogens (tertiary/aromatic N) is 1. The second kappa shape index (κ2) is 11.1. The Hall–Kier alpha value is -2.97. The van der Waals surface area contributed by atoms with Crippen LogP contribution in [0.5, 0.6) is 0 Å². The van der Waals surface area contributed by atoms with E-state index < -0.39 is 12.2 Å². The maximum absolute atomic E-state index is 12.5. The average Bonchev–Trinajstić information content (AvgIpc) is 3.14. The van der Waals surface area contributed by atoms with Crippen LogP contribution in [-0.2, 0) is 20.0 Å². The van der Waals surface area contributed by atoms with Gasteiger partial charge in [-0.2, -0.15) is 0 Å². The van der Waals surface area contributed by atoms with Crippen LogP contribution in [0.2, 0.25) is 5.02 Å². The molecule has 3 aromatic rings. The van der Waals surface area contributed by atoms with Crippen molar-refractivity contribution in [2.24, 2.45) is 0 Å². The highest BCUT2D eigenvalue weighted by Gasteiger charge is 2.20. The molecular formula is C23H23ClN2O5S. The molecule has 0 saturated heterocycles. The van der Waals surface area contributed by atoms with Gasteiger partial charge in [-0.1, -0.05) is 59.2 Å². The zero-order valence-corrected chi connectivity index (χ0v) is 19.5. The highest BCUT2D eigenvalue weighted by Crippen LogP contribution is 2.32. The van der Waals surface area contributed by atoms with Crippen LogP contribution in [0.1, 0.15) is 29.8 Å².